The molecule has 1 aliphatic carbocycles. The van der Waals surface area contributed by atoms with Crippen LogP contribution in [0.4, 0.5) is 4.79 Å². The number of carbonyl (C=O) groups is 1. The second-order valence-corrected chi connectivity index (χ2v) is 7.64. The van der Waals surface area contributed by atoms with Crippen molar-refractivity contribution in [2.45, 2.75) is 58.0 Å². The molecule has 1 aromatic heterocycles. The molecule has 1 atom stereocenters. The zero-order valence-electron chi connectivity index (χ0n) is 13.8. The van der Waals surface area contributed by atoms with Crippen molar-refractivity contribution in [3.8, 4) is 0 Å². The number of rotatable bonds is 3. The minimum Gasteiger partial charge on any atom is -0.444 e. The fraction of sp³-hybridized carbons (Fsp3) is 0.667. The van der Waals surface area contributed by atoms with E-state index in [9.17, 15) is 4.79 Å². The second kappa shape index (κ2) is 5.90. The number of amides is 1. The van der Waals surface area contributed by atoms with Crippen molar-refractivity contribution in [3.63, 3.8) is 0 Å². The largest absolute Gasteiger partial charge is 0.444 e. The van der Waals surface area contributed by atoms with Gasteiger partial charge in [0.15, 0.2) is 0 Å². The van der Waals surface area contributed by atoms with Crippen molar-refractivity contribution in [3.05, 3.63) is 29.6 Å². The molecule has 1 amide bonds. The number of likely N-dealkylation sites (tertiary alicyclic amines) is 1. The molecule has 1 aliphatic heterocycles. The van der Waals surface area contributed by atoms with Crippen LogP contribution in [0.25, 0.3) is 0 Å². The van der Waals surface area contributed by atoms with Crippen molar-refractivity contribution in [1.82, 2.24) is 9.88 Å². The number of pyridine rings is 1. The van der Waals surface area contributed by atoms with Crippen molar-refractivity contribution >= 4 is 6.09 Å². The summed E-state index contributed by atoms with van der Waals surface area (Å²) in [5.74, 6) is 1.25. The van der Waals surface area contributed by atoms with Gasteiger partial charge in [-0.25, -0.2) is 4.79 Å². The Kier molecular flexibility index (Phi) is 4.11. The Labute approximate surface area is 132 Å². The van der Waals surface area contributed by atoms with Crippen LogP contribution in [-0.4, -0.2) is 34.7 Å². The second-order valence-electron chi connectivity index (χ2n) is 7.64. The smallest absolute Gasteiger partial charge is 0.410 e. The summed E-state index contributed by atoms with van der Waals surface area (Å²) in [6.45, 7) is 7.29. The first-order valence-electron chi connectivity index (χ1n) is 8.33. The highest BCUT2D eigenvalue weighted by molar-refractivity contribution is 5.68. The van der Waals surface area contributed by atoms with Gasteiger partial charge in [0.2, 0.25) is 0 Å². The third kappa shape index (κ3) is 3.99. The van der Waals surface area contributed by atoms with Crippen LogP contribution in [0.3, 0.4) is 0 Å². The van der Waals surface area contributed by atoms with E-state index >= 15 is 0 Å². The summed E-state index contributed by atoms with van der Waals surface area (Å²) in [5.41, 5.74) is 2.10. The maximum Gasteiger partial charge on any atom is 0.410 e. The first kappa shape index (κ1) is 15.3. The fourth-order valence-corrected chi connectivity index (χ4v) is 3.00. The lowest BCUT2D eigenvalue weighted by Gasteiger charge is -2.24. The lowest BCUT2D eigenvalue weighted by Crippen LogP contribution is -2.35. The van der Waals surface area contributed by atoms with Crippen molar-refractivity contribution in [2.24, 2.45) is 5.92 Å². The lowest BCUT2D eigenvalue weighted by molar-refractivity contribution is 0.0288. The van der Waals surface area contributed by atoms with E-state index in [1.165, 1.54) is 18.4 Å². The highest BCUT2D eigenvalue weighted by Gasteiger charge is 2.30. The summed E-state index contributed by atoms with van der Waals surface area (Å²) < 4.78 is 5.44. The van der Waals surface area contributed by atoms with E-state index in [0.29, 0.717) is 5.92 Å². The molecule has 4 heteroatoms. The zero-order chi connectivity index (χ0) is 15.7. The Morgan fingerprint density at radius 2 is 2.09 bits per heavy atom. The molecule has 2 heterocycles. The third-order valence-electron chi connectivity index (χ3n) is 4.33. The molecular weight excluding hydrogens is 276 g/mol. The molecule has 0 N–H and O–H groups in total. The third-order valence-corrected chi connectivity index (χ3v) is 4.33. The number of hydrogen-bond donors (Lipinski definition) is 0. The number of carbonyl (C=O) groups excluding carboxylic acids is 1. The summed E-state index contributed by atoms with van der Waals surface area (Å²) in [6.07, 6.45) is 6.46. The number of aromatic nitrogens is 1. The first-order chi connectivity index (χ1) is 10.4. The maximum absolute atomic E-state index is 12.1. The molecule has 0 unspecified atom stereocenters. The van der Waals surface area contributed by atoms with Gasteiger partial charge in [-0.3, -0.25) is 4.98 Å². The monoisotopic (exact) mass is 302 g/mol. The maximum atomic E-state index is 12.1. The molecule has 0 spiro atoms. The number of hydrogen-bond acceptors (Lipinski definition) is 3. The highest BCUT2D eigenvalue weighted by atomic mass is 16.6. The number of ether oxygens (including phenoxy) is 1. The van der Waals surface area contributed by atoms with Crippen LogP contribution in [0.5, 0.6) is 0 Å². The van der Waals surface area contributed by atoms with E-state index in [-0.39, 0.29) is 6.09 Å². The predicted octanol–water partition coefficient (Wildman–Crippen LogP) is 3.76. The van der Waals surface area contributed by atoms with Crippen LogP contribution in [0.15, 0.2) is 18.3 Å². The Hall–Kier alpha value is -1.58. The van der Waals surface area contributed by atoms with Gasteiger partial charge in [-0.05, 0) is 69.9 Å². The van der Waals surface area contributed by atoms with Crippen LogP contribution < -0.4 is 0 Å². The molecular formula is C18H26N2O2. The summed E-state index contributed by atoms with van der Waals surface area (Å²) in [5, 5.41) is 0. The molecule has 4 nitrogen and oxygen atoms in total. The normalized spacial score (nSPS) is 22.0. The molecule has 1 aromatic rings. The van der Waals surface area contributed by atoms with Gasteiger partial charge in [0, 0.05) is 25.0 Å². The van der Waals surface area contributed by atoms with E-state index in [1.807, 2.05) is 31.9 Å². The Balaban J connectivity index is 1.51. The topological polar surface area (TPSA) is 42.4 Å². The van der Waals surface area contributed by atoms with Crippen LogP contribution in [0.2, 0.25) is 0 Å². The van der Waals surface area contributed by atoms with Crippen LogP contribution in [0, 0.1) is 5.92 Å². The Morgan fingerprint density at radius 1 is 1.32 bits per heavy atom. The standard InChI is InChI=1S/C18H26N2O2/c1-18(2,3)22-17(21)20-9-8-13(12-20)10-16-7-6-15(11-19-16)14-4-5-14/h6-7,11,13-14H,4-5,8-10,12H2,1-3H3/t13-/m0/s1. The molecule has 0 bridgehead atoms. The fourth-order valence-electron chi connectivity index (χ4n) is 3.00. The molecule has 3 rings (SSSR count). The van der Waals surface area contributed by atoms with Gasteiger partial charge in [-0.15, -0.1) is 0 Å². The lowest BCUT2D eigenvalue weighted by atomic mass is 10.0. The van der Waals surface area contributed by atoms with Crippen LogP contribution in [-0.2, 0) is 11.2 Å². The van der Waals surface area contributed by atoms with E-state index in [2.05, 4.69) is 17.1 Å². The SMILES string of the molecule is CC(C)(C)OC(=O)N1CC[C@@H](Cc2ccc(C3CC3)cn2)C1. The van der Waals surface area contributed by atoms with Gasteiger partial charge in [-0.1, -0.05) is 6.07 Å². The van der Waals surface area contributed by atoms with Crippen LogP contribution in [0.1, 0.15) is 57.2 Å². The Bertz CT molecular complexity index is 529. The van der Waals surface area contributed by atoms with Crippen LogP contribution >= 0.6 is 0 Å². The van der Waals surface area contributed by atoms with Gasteiger partial charge in [-0.2, -0.15) is 0 Å². The average Bonchev–Trinajstić information content (AvgIpc) is 3.17. The molecule has 0 aromatic carbocycles. The van der Waals surface area contributed by atoms with E-state index in [4.69, 9.17) is 4.74 Å². The van der Waals surface area contributed by atoms with E-state index < -0.39 is 5.60 Å². The quantitative estimate of drug-likeness (QED) is 0.854. The summed E-state index contributed by atoms with van der Waals surface area (Å²) >= 11 is 0. The summed E-state index contributed by atoms with van der Waals surface area (Å²) in [6, 6.07) is 4.38. The molecule has 2 fully saturated rings. The van der Waals surface area contributed by atoms with E-state index in [1.54, 1.807) is 0 Å². The molecule has 120 valence electrons. The minimum atomic E-state index is -0.421. The van der Waals surface area contributed by atoms with Crippen molar-refractivity contribution in [1.29, 1.82) is 0 Å². The molecule has 0 radical (unpaired) electrons. The van der Waals surface area contributed by atoms with Crippen molar-refractivity contribution in [2.75, 3.05) is 13.1 Å². The summed E-state index contributed by atoms with van der Waals surface area (Å²) in [4.78, 5) is 18.5. The van der Waals surface area contributed by atoms with Gasteiger partial charge >= 0.3 is 6.09 Å². The number of nitrogens with zero attached hydrogens (tertiary/aromatic N) is 2. The van der Waals surface area contributed by atoms with Gasteiger partial charge < -0.3 is 9.64 Å². The van der Waals surface area contributed by atoms with Gasteiger partial charge in [0.25, 0.3) is 0 Å². The predicted molar refractivity (Wildman–Crippen MR) is 85.8 cm³/mol. The van der Waals surface area contributed by atoms with Gasteiger partial charge in [0.1, 0.15) is 5.60 Å². The van der Waals surface area contributed by atoms with Gasteiger partial charge in [0.05, 0.1) is 0 Å². The first-order valence-corrected chi connectivity index (χ1v) is 8.33. The zero-order valence-corrected chi connectivity index (χ0v) is 13.8. The molecule has 1 saturated heterocycles. The van der Waals surface area contributed by atoms with Crippen molar-refractivity contribution < 1.29 is 9.53 Å². The molecule has 1 saturated carbocycles. The summed E-state index contributed by atoms with van der Waals surface area (Å²) in [7, 11) is 0. The molecule has 2 aliphatic rings. The minimum absolute atomic E-state index is 0.188. The molecule has 22 heavy (non-hydrogen) atoms. The highest BCUT2D eigenvalue weighted by Crippen LogP contribution is 2.39. The van der Waals surface area contributed by atoms with E-state index in [0.717, 1.165) is 37.5 Å². The average molecular weight is 302 g/mol. The Morgan fingerprint density at radius 3 is 2.68 bits per heavy atom.